The number of ether oxygens (including phenoxy) is 1. The van der Waals surface area contributed by atoms with Crippen molar-refractivity contribution in [2.75, 3.05) is 5.32 Å². The van der Waals surface area contributed by atoms with Gasteiger partial charge in [0.1, 0.15) is 17.1 Å². The molecule has 1 fully saturated rings. The van der Waals surface area contributed by atoms with Crippen LogP contribution in [0.1, 0.15) is 46.1 Å². The quantitative estimate of drug-likeness (QED) is 0.545. The van der Waals surface area contributed by atoms with Crippen molar-refractivity contribution >= 4 is 34.7 Å². The molecule has 1 aliphatic carbocycles. The topological polar surface area (TPSA) is 73.2 Å². The van der Waals surface area contributed by atoms with Gasteiger partial charge in [0.2, 0.25) is 5.91 Å². The third kappa shape index (κ3) is 4.88. The van der Waals surface area contributed by atoms with Gasteiger partial charge in [0.05, 0.1) is 5.52 Å². The van der Waals surface area contributed by atoms with Crippen molar-refractivity contribution in [2.45, 2.75) is 46.1 Å². The Labute approximate surface area is 186 Å². The van der Waals surface area contributed by atoms with Gasteiger partial charge in [-0.05, 0) is 57.7 Å². The average Bonchev–Trinajstić information content (AvgIpc) is 3.44. The van der Waals surface area contributed by atoms with Gasteiger partial charge in [-0.1, -0.05) is 24.3 Å². The summed E-state index contributed by atoms with van der Waals surface area (Å²) in [5, 5.41) is 7.86. The zero-order valence-electron chi connectivity index (χ0n) is 18.6. The van der Waals surface area contributed by atoms with Crippen molar-refractivity contribution in [3.05, 3.63) is 53.9 Å². The van der Waals surface area contributed by atoms with Gasteiger partial charge in [-0.2, -0.15) is 9.78 Å². The van der Waals surface area contributed by atoms with Crippen LogP contribution >= 0.6 is 0 Å². The average molecular weight is 435 g/mol. The second-order valence-corrected chi connectivity index (χ2v) is 9.09. The molecule has 166 valence electrons. The maximum absolute atomic E-state index is 14.9. The molecule has 4 rings (SSSR count). The van der Waals surface area contributed by atoms with Crippen LogP contribution < -0.4 is 5.32 Å². The number of carbonyl (C=O) groups is 2. The Morgan fingerprint density at radius 3 is 2.62 bits per heavy atom. The maximum atomic E-state index is 14.9. The van der Waals surface area contributed by atoms with Gasteiger partial charge >= 0.3 is 6.09 Å². The Hall–Kier alpha value is -3.48. The Bertz CT molecular complexity index is 1230. The van der Waals surface area contributed by atoms with Crippen LogP contribution in [-0.2, 0) is 9.53 Å². The molecule has 2 aromatic carbocycles. The summed E-state index contributed by atoms with van der Waals surface area (Å²) in [6, 6.07) is 10.2. The molecule has 0 unspecified atom stereocenters. The van der Waals surface area contributed by atoms with E-state index in [1.54, 1.807) is 51.1 Å². The molecule has 0 aliphatic heterocycles. The molecule has 0 atom stereocenters. The fraction of sp³-hybridized carbons (Fsp3) is 0.320. The van der Waals surface area contributed by atoms with Crippen molar-refractivity contribution in [3.8, 4) is 11.3 Å². The molecule has 32 heavy (non-hydrogen) atoms. The molecule has 6 nitrogen and oxygen atoms in total. The summed E-state index contributed by atoms with van der Waals surface area (Å²) >= 11 is 0. The van der Waals surface area contributed by atoms with Gasteiger partial charge in [0, 0.05) is 35.2 Å². The Kier molecular flexibility index (Phi) is 5.59. The van der Waals surface area contributed by atoms with Crippen molar-refractivity contribution in [1.29, 1.82) is 0 Å². The molecule has 1 amide bonds. The molecule has 1 heterocycles. The highest BCUT2D eigenvalue weighted by molar-refractivity contribution is 5.99. The SMILES string of the molecule is CC(=O)Nc1cccc(-c2nn(C(=O)OC(C)(C)C)c3cc(F)c(/C=C/C4CC4)cc23)c1. The van der Waals surface area contributed by atoms with Crippen LogP contribution in [-0.4, -0.2) is 27.4 Å². The number of nitrogens with zero attached hydrogens (tertiary/aromatic N) is 2. The number of allylic oxidation sites excluding steroid dienone is 1. The van der Waals surface area contributed by atoms with E-state index in [4.69, 9.17) is 4.74 Å². The Balaban J connectivity index is 1.87. The van der Waals surface area contributed by atoms with Crippen LogP contribution in [0.3, 0.4) is 0 Å². The molecule has 1 aliphatic rings. The molecule has 1 aromatic heterocycles. The van der Waals surface area contributed by atoms with Gasteiger partial charge in [-0.15, -0.1) is 0 Å². The fourth-order valence-corrected chi connectivity index (χ4v) is 3.41. The van der Waals surface area contributed by atoms with Gasteiger partial charge in [-0.3, -0.25) is 4.79 Å². The van der Waals surface area contributed by atoms with E-state index in [2.05, 4.69) is 10.4 Å². The third-order valence-corrected chi connectivity index (χ3v) is 4.99. The van der Waals surface area contributed by atoms with E-state index < -0.39 is 17.5 Å². The second kappa shape index (κ2) is 8.22. The first-order valence-electron chi connectivity index (χ1n) is 10.6. The fourth-order valence-electron chi connectivity index (χ4n) is 3.41. The van der Waals surface area contributed by atoms with Crippen molar-refractivity contribution in [1.82, 2.24) is 9.78 Å². The van der Waals surface area contributed by atoms with Gasteiger partial charge in [0.15, 0.2) is 0 Å². The van der Waals surface area contributed by atoms with E-state index in [0.717, 1.165) is 17.5 Å². The number of carbonyl (C=O) groups excluding carboxylic acids is 2. The minimum atomic E-state index is -0.730. The third-order valence-electron chi connectivity index (χ3n) is 4.99. The van der Waals surface area contributed by atoms with Crippen molar-refractivity contribution < 1.29 is 18.7 Å². The lowest BCUT2D eigenvalue weighted by Crippen LogP contribution is -2.27. The molecule has 0 saturated heterocycles. The van der Waals surface area contributed by atoms with E-state index in [9.17, 15) is 14.0 Å². The minimum absolute atomic E-state index is 0.194. The zero-order chi connectivity index (χ0) is 23.0. The number of fused-ring (bicyclic) bond motifs is 1. The summed E-state index contributed by atoms with van der Waals surface area (Å²) in [7, 11) is 0. The van der Waals surface area contributed by atoms with Gasteiger partial charge < -0.3 is 10.1 Å². The molecule has 3 aromatic rings. The molecule has 1 saturated carbocycles. The summed E-state index contributed by atoms with van der Waals surface area (Å²) in [6.45, 7) is 6.71. The molecule has 1 N–H and O–H groups in total. The number of benzene rings is 2. The van der Waals surface area contributed by atoms with E-state index in [0.29, 0.717) is 39.3 Å². The predicted molar refractivity (Wildman–Crippen MR) is 123 cm³/mol. The number of hydrogen-bond acceptors (Lipinski definition) is 4. The smallest absolute Gasteiger partial charge is 0.435 e. The highest BCUT2D eigenvalue weighted by atomic mass is 19.1. The van der Waals surface area contributed by atoms with Gasteiger partial charge in [0.25, 0.3) is 0 Å². The second-order valence-electron chi connectivity index (χ2n) is 9.09. The number of nitrogens with one attached hydrogen (secondary N) is 1. The molecular formula is C25H26FN3O3. The first-order valence-corrected chi connectivity index (χ1v) is 10.6. The summed E-state index contributed by atoms with van der Waals surface area (Å²) in [6.07, 6.45) is 5.36. The first-order chi connectivity index (χ1) is 15.1. The summed E-state index contributed by atoms with van der Waals surface area (Å²) in [5.74, 6) is -0.123. The first kappa shape index (κ1) is 21.7. The lowest BCUT2D eigenvalue weighted by Gasteiger charge is -2.19. The standard InChI is InChI=1S/C25H26FN3O3/c1-15(30)27-19-7-5-6-18(12-19)23-20-13-17(11-10-16-8-9-16)21(26)14-22(20)29(28-23)24(31)32-25(2,3)4/h5-7,10-14,16H,8-9H2,1-4H3,(H,27,30)/b11-10+. The normalized spacial score (nSPS) is 14.2. The van der Waals surface area contributed by atoms with Crippen LogP contribution in [0, 0.1) is 11.7 Å². The summed E-state index contributed by atoms with van der Waals surface area (Å²) in [5.41, 5.74) is 1.82. The number of aromatic nitrogens is 2. The molecule has 0 spiro atoms. The van der Waals surface area contributed by atoms with E-state index >= 15 is 0 Å². The molecule has 0 radical (unpaired) electrons. The lowest BCUT2D eigenvalue weighted by molar-refractivity contribution is -0.114. The van der Waals surface area contributed by atoms with Crippen molar-refractivity contribution in [2.24, 2.45) is 5.92 Å². The number of hydrogen-bond donors (Lipinski definition) is 1. The van der Waals surface area contributed by atoms with Crippen LogP contribution in [0.4, 0.5) is 14.9 Å². The lowest BCUT2D eigenvalue weighted by atomic mass is 10.0. The van der Waals surface area contributed by atoms with Crippen LogP contribution in [0.15, 0.2) is 42.5 Å². The molecule has 0 bridgehead atoms. The van der Waals surface area contributed by atoms with Crippen LogP contribution in [0.2, 0.25) is 0 Å². The Morgan fingerprint density at radius 2 is 1.97 bits per heavy atom. The largest absolute Gasteiger partial charge is 0.442 e. The number of rotatable bonds is 4. The Morgan fingerprint density at radius 1 is 1.22 bits per heavy atom. The van der Waals surface area contributed by atoms with Crippen molar-refractivity contribution in [3.63, 3.8) is 0 Å². The monoisotopic (exact) mass is 435 g/mol. The summed E-state index contributed by atoms with van der Waals surface area (Å²) in [4.78, 5) is 24.3. The van der Waals surface area contributed by atoms with Gasteiger partial charge in [-0.25, -0.2) is 9.18 Å². The summed E-state index contributed by atoms with van der Waals surface area (Å²) < 4.78 is 21.5. The number of amides is 1. The molecule has 7 heteroatoms. The van der Waals surface area contributed by atoms with Crippen LogP contribution in [0.25, 0.3) is 28.2 Å². The minimum Gasteiger partial charge on any atom is -0.442 e. The highest BCUT2D eigenvalue weighted by Crippen LogP contribution is 2.34. The zero-order valence-corrected chi connectivity index (χ0v) is 18.6. The number of anilines is 1. The molecular weight excluding hydrogens is 409 g/mol. The van der Waals surface area contributed by atoms with Crippen LogP contribution in [0.5, 0.6) is 0 Å². The van der Waals surface area contributed by atoms with E-state index in [1.807, 2.05) is 12.1 Å². The maximum Gasteiger partial charge on any atom is 0.435 e. The van der Waals surface area contributed by atoms with E-state index in [-0.39, 0.29) is 5.91 Å². The number of halogens is 1. The van der Waals surface area contributed by atoms with E-state index in [1.165, 1.54) is 13.0 Å². The predicted octanol–water partition coefficient (Wildman–Crippen LogP) is 6.01. The highest BCUT2D eigenvalue weighted by Gasteiger charge is 2.24.